The van der Waals surface area contributed by atoms with Crippen LogP contribution in [-0.2, 0) is 23.5 Å². The van der Waals surface area contributed by atoms with E-state index in [1.807, 2.05) is 12.1 Å². The number of aromatic nitrogens is 3. The molecule has 2 heterocycles. The lowest BCUT2D eigenvalue weighted by Gasteiger charge is -2.14. The molecule has 2 aromatic rings. The van der Waals surface area contributed by atoms with Gasteiger partial charge in [-0.1, -0.05) is 36.9 Å². The number of nitrogens with zero attached hydrogens (tertiary/aromatic N) is 3. The second kappa shape index (κ2) is 7.24. The van der Waals surface area contributed by atoms with Crippen molar-refractivity contribution in [2.24, 2.45) is 0 Å². The van der Waals surface area contributed by atoms with Crippen molar-refractivity contribution in [2.75, 3.05) is 6.61 Å². The third-order valence-electron chi connectivity index (χ3n) is 3.83. The number of thioether (sulfide) groups is 1. The van der Waals surface area contributed by atoms with Crippen LogP contribution in [0.4, 0.5) is 4.39 Å². The van der Waals surface area contributed by atoms with Crippen molar-refractivity contribution in [3.05, 3.63) is 41.5 Å². The number of hydrogen-bond donors (Lipinski definition) is 0. The van der Waals surface area contributed by atoms with Gasteiger partial charge in [0.15, 0.2) is 5.16 Å². The second-order valence-corrected chi connectivity index (χ2v) is 6.32. The summed E-state index contributed by atoms with van der Waals surface area (Å²) < 4.78 is 21.6. The van der Waals surface area contributed by atoms with Crippen molar-refractivity contribution < 1.29 is 9.13 Å². The Balaban J connectivity index is 1.72. The lowest BCUT2D eigenvalue weighted by molar-refractivity contribution is 0.0942. The Labute approximate surface area is 134 Å². The number of aryl methyl sites for hydroxylation is 1. The third kappa shape index (κ3) is 3.50. The van der Waals surface area contributed by atoms with Crippen molar-refractivity contribution in [1.29, 1.82) is 0 Å². The monoisotopic (exact) mass is 321 g/mol. The summed E-state index contributed by atoms with van der Waals surface area (Å²) >= 11 is 1.53. The van der Waals surface area contributed by atoms with Crippen molar-refractivity contribution in [3.8, 4) is 0 Å². The fourth-order valence-electron chi connectivity index (χ4n) is 2.62. The van der Waals surface area contributed by atoms with Gasteiger partial charge in [0.2, 0.25) is 0 Å². The molecule has 1 saturated heterocycles. The van der Waals surface area contributed by atoms with Gasteiger partial charge in [-0.25, -0.2) is 4.39 Å². The summed E-state index contributed by atoms with van der Waals surface area (Å²) in [5.41, 5.74) is 0.692. The first-order chi connectivity index (χ1) is 10.8. The zero-order chi connectivity index (χ0) is 15.4. The van der Waals surface area contributed by atoms with E-state index in [0.29, 0.717) is 11.3 Å². The average Bonchev–Trinajstić information content (AvgIpc) is 3.17. The Bertz CT molecular complexity index is 626. The molecule has 1 unspecified atom stereocenters. The first-order valence-corrected chi connectivity index (χ1v) is 8.66. The summed E-state index contributed by atoms with van der Waals surface area (Å²) in [4.78, 5) is 0. The highest BCUT2D eigenvalue weighted by molar-refractivity contribution is 7.98. The molecule has 22 heavy (non-hydrogen) atoms. The molecule has 1 aliphatic heterocycles. The molecule has 0 saturated carbocycles. The molecule has 0 N–H and O–H groups in total. The van der Waals surface area contributed by atoms with Crippen molar-refractivity contribution in [3.63, 3.8) is 0 Å². The molecule has 0 aliphatic carbocycles. The standard InChI is InChI=1S/C16H20FN3OS/c1-2-15-18-19-16(20(15)10-13-7-5-9-21-13)22-11-12-6-3-4-8-14(12)17/h3-4,6,8,13H,2,5,7,9-11H2,1H3. The predicted octanol–water partition coefficient (Wildman–Crippen LogP) is 3.45. The molecule has 1 aromatic carbocycles. The molecular weight excluding hydrogens is 301 g/mol. The largest absolute Gasteiger partial charge is 0.376 e. The SMILES string of the molecule is CCc1nnc(SCc2ccccc2F)n1CC1CCCO1. The number of halogens is 1. The molecule has 1 fully saturated rings. The highest BCUT2D eigenvalue weighted by Crippen LogP contribution is 2.25. The van der Waals surface area contributed by atoms with Gasteiger partial charge in [-0.3, -0.25) is 0 Å². The fraction of sp³-hybridized carbons (Fsp3) is 0.500. The van der Waals surface area contributed by atoms with Crippen LogP contribution in [0.3, 0.4) is 0 Å². The summed E-state index contributed by atoms with van der Waals surface area (Å²) in [5, 5.41) is 9.37. The number of hydrogen-bond acceptors (Lipinski definition) is 4. The molecule has 0 radical (unpaired) electrons. The van der Waals surface area contributed by atoms with Crippen LogP contribution < -0.4 is 0 Å². The lowest BCUT2D eigenvalue weighted by atomic mass is 10.2. The molecule has 4 nitrogen and oxygen atoms in total. The van der Waals surface area contributed by atoms with E-state index in [2.05, 4.69) is 21.7 Å². The Kier molecular flexibility index (Phi) is 5.10. The van der Waals surface area contributed by atoms with Crippen LogP contribution in [0.5, 0.6) is 0 Å². The highest BCUT2D eigenvalue weighted by Gasteiger charge is 2.20. The van der Waals surface area contributed by atoms with Gasteiger partial charge in [-0.05, 0) is 24.5 Å². The first kappa shape index (κ1) is 15.5. The Morgan fingerprint density at radius 3 is 2.95 bits per heavy atom. The molecule has 0 bridgehead atoms. The fourth-order valence-corrected chi connectivity index (χ4v) is 3.57. The van der Waals surface area contributed by atoms with Gasteiger partial charge in [-0.15, -0.1) is 10.2 Å². The van der Waals surface area contributed by atoms with E-state index in [-0.39, 0.29) is 11.9 Å². The molecular formula is C16H20FN3OS. The number of benzene rings is 1. The zero-order valence-electron chi connectivity index (χ0n) is 12.7. The van der Waals surface area contributed by atoms with Gasteiger partial charge in [0.1, 0.15) is 11.6 Å². The van der Waals surface area contributed by atoms with Gasteiger partial charge in [0.25, 0.3) is 0 Å². The molecule has 1 aromatic heterocycles. The number of rotatable bonds is 6. The smallest absolute Gasteiger partial charge is 0.191 e. The minimum Gasteiger partial charge on any atom is -0.376 e. The van der Waals surface area contributed by atoms with E-state index in [1.165, 1.54) is 17.8 Å². The van der Waals surface area contributed by atoms with Gasteiger partial charge in [0.05, 0.1) is 12.6 Å². The van der Waals surface area contributed by atoms with Crippen LogP contribution in [0.25, 0.3) is 0 Å². The van der Waals surface area contributed by atoms with Gasteiger partial charge < -0.3 is 9.30 Å². The quantitative estimate of drug-likeness (QED) is 0.764. The minimum atomic E-state index is -0.170. The van der Waals surface area contributed by atoms with E-state index in [0.717, 1.165) is 43.4 Å². The molecule has 0 amide bonds. The molecule has 1 atom stereocenters. The average molecular weight is 321 g/mol. The van der Waals surface area contributed by atoms with Crippen LogP contribution in [0.15, 0.2) is 29.4 Å². The molecule has 0 spiro atoms. The summed E-state index contributed by atoms with van der Waals surface area (Å²) in [5.74, 6) is 1.35. The predicted molar refractivity (Wildman–Crippen MR) is 84.3 cm³/mol. The Hall–Kier alpha value is -1.40. The Morgan fingerprint density at radius 1 is 1.36 bits per heavy atom. The van der Waals surface area contributed by atoms with Gasteiger partial charge in [0, 0.05) is 18.8 Å². The van der Waals surface area contributed by atoms with Crippen molar-refractivity contribution in [1.82, 2.24) is 14.8 Å². The third-order valence-corrected chi connectivity index (χ3v) is 4.85. The summed E-state index contributed by atoms with van der Waals surface area (Å²) in [6.07, 6.45) is 3.28. The van der Waals surface area contributed by atoms with E-state index in [1.54, 1.807) is 6.07 Å². The van der Waals surface area contributed by atoms with Crippen molar-refractivity contribution >= 4 is 11.8 Å². The first-order valence-electron chi connectivity index (χ1n) is 7.67. The topological polar surface area (TPSA) is 39.9 Å². The van der Waals surface area contributed by atoms with Gasteiger partial charge >= 0.3 is 0 Å². The normalized spacial score (nSPS) is 18.0. The van der Waals surface area contributed by atoms with E-state index in [9.17, 15) is 4.39 Å². The summed E-state index contributed by atoms with van der Waals surface area (Å²) in [6, 6.07) is 6.86. The Morgan fingerprint density at radius 2 is 2.23 bits per heavy atom. The van der Waals surface area contributed by atoms with Crippen LogP contribution in [0.2, 0.25) is 0 Å². The van der Waals surface area contributed by atoms with E-state index >= 15 is 0 Å². The molecule has 3 rings (SSSR count). The maximum absolute atomic E-state index is 13.7. The number of ether oxygens (including phenoxy) is 1. The van der Waals surface area contributed by atoms with Crippen LogP contribution >= 0.6 is 11.8 Å². The van der Waals surface area contributed by atoms with Crippen LogP contribution in [-0.4, -0.2) is 27.5 Å². The maximum Gasteiger partial charge on any atom is 0.191 e. The maximum atomic E-state index is 13.7. The van der Waals surface area contributed by atoms with Gasteiger partial charge in [-0.2, -0.15) is 0 Å². The lowest BCUT2D eigenvalue weighted by Crippen LogP contribution is -2.17. The molecule has 1 aliphatic rings. The second-order valence-electron chi connectivity index (χ2n) is 5.38. The van der Waals surface area contributed by atoms with Crippen LogP contribution in [0.1, 0.15) is 31.2 Å². The summed E-state index contributed by atoms with van der Waals surface area (Å²) in [6.45, 7) is 3.70. The summed E-state index contributed by atoms with van der Waals surface area (Å²) in [7, 11) is 0. The van der Waals surface area contributed by atoms with E-state index in [4.69, 9.17) is 4.74 Å². The highest BCUT2D eigenvalue weighted by atomic mass is 32.2. The molecule has 6 heteroatoms. The van der Waals surface area contributed by atoms with Crippen molar-refractivity contribution in [2.45, 2.75) is 49.7 Å². The minimum absolute atomic E-state index is 0.170. The molecule has 118 valence electrons. The van der Waals surface area contributed by atoms with Crippen LogP contribution in [0, 0.1) is 5.82 Å². The zero-order valence-corrected chi connectivity index (χ0v) is 13.5. The van der Waals surface area contributed by atoms with E-state index < -0.39 is 0 Å².